The molecule has 9 heteroatoms. The van der Waals surface area contributed by atoms with Gasteiger partial charge in [0.05, 0.1) is 10.6 Å². The van der Waals surface area contributed by atoms with E-state index in [1.165, 1.54) is 29.2 Å². The van der Waals surface area contributed by atoms with Gasteiger partial charge in [-0.1, -0.05) is 66.9 Å². The van der Waals surface area contributed by atoms with E-state index >= 15 is 0 Å². The normalized spacial score (nSPS) is 12.0. The largest absolute Gasteiger partial charge is 0.354 e. The summed E-state index contributed by atoms with van der Waals surface area (Å²) in [6.07, 6.45) is 1.75. The van der Waals surface area contributed by atoms with Crippen LogP contribution in [-0.2, 0) is 26.2 Å². The fourth-order valence-electron chi connectivity index (χ4n) is 4.05. The number of nitrogens with one attached hydrogen (secondary N) is 1. The van der Waals surface area contributed by atoms with Crippen LogP contribution in [0.4, 0.5) is 5.69 Å². The van der Waals surface area contributed by atoms with Gasteiger partial charge in [0.2, 0.25) is 11.8 Å². The van der Waals surface area contributed by atoms with Gasteiger partial charge < -0.3 is 10.2 Å². The fourth-order valence-corrected chi connectivity index (χ4v) is 5.59. The fraction of sp³-hybridized carbons (Fsp3) is 0.333. The van der Waals surface area contributed by atoms with Crippen LogP contribution in [-0.4, -0.2) is 44.3 Å². The summed E-state index contributed by atoms with van der Waals surface area (Å²) in [7, 11) is -4.13. The van der Waals surface area contributed by atoms with Crippen LogP contribution < -0.4 is 9.62 Å². The van der Waals surface area contributed by atoms with E-state index in [0.29, 0.717) is 17.3 Å². The molecule has 3 aromatic carbocycles. The number of benzene rings is 3. The summed E-state index contributed by atoms with van der Waals surface area (Å²) in [6.45, 7) is 7.70. The SMILES string of the molecule is CCCCNC(=O)C(C)N(Cc1ccc(C)cc1)C(=O)CN(c1cccc(C)c1)S(=O)(=O)c1ccc(Cl)cc1. The monoisotopic (exact) mass is 569 g/mol. The molecule has 39 heavy (non-hydrogen) atoms. The molecule has 0 aliphatic carbocycles. The number of unbranched alkanes of at least 4 members (excludes halogenated alkanes) is 1. The molecule has 0 saturated carbocycles. The van der Waals surface area contributed by atoms with Gasteiger partial charge in [-0.2, -0.15) is 0 Å². The Bertz CT molecular complexity index is 1380. The summed E-state index contributed by atoms with van der Waals surface area (Å²) in [5.74, 6) is -0.778. The predicted octanol–water partition coefficient (Wildman–Crippen LogP) is 5.49. The first-order chi connectivity index (χ1) is 18.5. The molecular weight excluding hydrogens is 534 g/mol. The van der Waals surface area contributed by atoms with Crippen molar-refractivity contribution in [2.75, 3.05) is 17.4 Å². The van der Waals surface area contributed by atoms with Gasteiger partial charge in [-0.15, -0.1) is 0 Å². The van der Waals surface area contributed by atoms with Crippen molar-refractivity contribution >= 4 is 39.1 Å². The smallest absolute Gasteiger partial charge is 0.264 e. The molecule has 0 spiro atoms. The Labute approximate surface area is 236 Å². The minimum atomic E-state index is -4.13. The molecule has 1 N–H and O–H groups in total. The van der Waals surface area contributed by atoms with E-state index in [1.807, 2.05) is 51.1 Å². The Kier molecular flexibility index (Phi) is 10.5. The number of halogens is 1. The first kappa shape index (κ1) is 30.2. The number of carbonyl (C=O) groups excluding carboxylic acids is 2. The van der Waals surface area contributed by atoms with Crippen LogP contribution >= 0.6 is 11.6 Å². The van der Waals surface area contributed by atoms with Crippen molar-refractivity contribution in [1.82, 2.24) is 10.2 Å². The first-order valence-electron chi connectivity index (χ1n) is 13.0. The number of nitrogens with zero attached hydrogens (tertiary/aromatic N) is 2. The lowest BCUT2D eigenvalue weighted by molar-refractivity contribution is -0.139. The van der Waals surface area contributed by atoms with E-state index in [4.69, 9.17) is 11.6 Å². The van der Waals surface area contributed by atoms with Crippen LogP contribution in [0.2, 0.25) is 5.02 Å². The number of hydrogen-bond acceptors (Lipinski definition) is 4. The van der Waals surface area contributed by atoms with Gasteiger partial charge in [0.15, 0.2) is 0 Å². The predicted molar refractivity (Wildman–Crippen MR) is 156 cm³/mol. The summed E-state index contributed by atoms with van der Waals surface area (Å²) in [5, 5.41) is 3.29. The summed E-state index contributed by atoms with van der Waals surface area (Å²) >= 11 is 5.99. The van der Waals surface area contributed by atoms with Crippen molar-refractivity contribution in [2.45, 2.75) is 58.0 Å². The average Bonchev–Trinajstić information content (AvgIpc) is 2.91. The lowest BCUT2D eigenvalue weighted by atomic mass is 10.1. The molecule has 3 aromatic rings. The van der Waals surface area contributed by atoms with E-state index in [-0.39, 0.29) is 17.3 Å². The van der Waals surface area contributed by atoms with E-state index in [2.05, 4.69) is 5.32 Å². The van der Waals surface area contributed by atoms with Gasteiger partial charge in [0.1, 0.15) is 12.6 Å². The van der Waals surface area contributed by atoms with Gasteiger partial charge in [-0.05, 0) is 74.7 Å². The number of carbonyl (C=O) groups is 2. The maximum absolute atomic E-state index is 13.9. The third-order valence-corrected chi connectivity index (χ3v) is 8.48. The molecule has 1 atom stereocenters. The second-order valence-corrected chi connectivity index (χ2v) is 11.9. The zero-order valence-corrected chi connectivity index (χ0v) is 24.4. The highest BCUT2D eigenvalue weighted by Crippen LogP contribution is 2.26. The number of amides is 2. The summed E-state index contributed by atoms with van der Waals surface area (Å²) < 4.78 is 28.7. The van der Waals surface area contributed by atoms with Crippen LogP contribution in [0.5, 0.6) is 0 Å². The van der Waals surface area contributed by atoms with Crippen molar-refractivity contribution in [2.24, 2.45) is 0 Å². The molecule has 0 heterocycles. The van der Waals surface area contributed by atoms with Gasteiger partial charge in [0, 0.05) is 18.1 Å². The van der Waals surface area contributed by atoms with E-state index in [9.17, 15) is 18.0 Å². The van der Waals surface area contributed by atoms with Crippen LogP contribution in [0.1, 0.15) is 43.4 Å². The van der Waals surface area contributed by atoms with Gasteiger partial charge >= 0.3 is 0 Å². The maximum atomic E-state index is 13.9. The lowest BCUT2D eigenvalue weighted by Crippen LogP contribution is -2.51. The molecule has 0 bridgehead atoms. The van der Waals surface area contributed by atoms with Crippen molar-refractivity contribution in [1.29, 1.82) is 0 Å². The highest BCUT2D eigenvalue weighted by atomic mass is 35.5. The summed E-state index contributed by atoms with van der Waals surface area (Å²) in [6, 6.07) is 19.7. The molecule has 0 aliphatic heterocycles. The molecule has 0 fully saturated rings. The molecule has 0 radical (unpaired) electrons. The maximum Gasteiger partial charge on any atom is 0.264 e. The number of aryl methyl sites for hydroxylation is 2. The molecular formula is C30H36ClN3O4S. The van der Waals surface area contributed by atoms with Crippen molar-refractivity contribution in [3.8, 4) is 0 Å². The van der Waals surface area contributed by atoms with Crippen molar-refractivity contribution in [3.63, 3.8) is 0 Å². The Morgan fingerprint density at radius 3 is 2.23 bits per heavy atom. The van der Waals surface area contributed by atoms with Gasteiger partial charge in [-0.3, -0.25) is 13.9 Å². The van der Waals surface area contributed by atoms with Crippen LogP contribution in [0.15, 0.2) is 77.7 Å². The zero-order chi connectivity index (χ0) is 28.6. The number of sulfonamides is 1. The highest BCUT2D eigenvalue weighted by Gasteiger charge is 2.32. The van der Waals surface area contributed by atoms with Crippen LogP contribution in [0, 0.1) is 13.8 Å². The average molecular weight is 570 g/mol. The Morgan fingerprint density at radius 2 is 1.62 bits per heavy atom. The highest BCUT2D eigenvalue weighted by molar-refractivity contribution is 7.92. The van der Waals surface area contributed by atoms with Crippen LogP contribution in [0.25, 0.3) is 0 Å². The molecule has 208 valence electrons. The third-order valence-electron chi connectivity index (χ3n) is 6.44. The zero-order valence-electron chi connectivity index (χ0n) is 22.9. The third kappa shape index (κ3) is 8.07. The van der Waals surface area contributed by atoms with Crippen molar-refractivity contribution in [3.05, 3.63) is 94.5 Å². The molecule has 0 aliphatic rings. The molecule has 0 aromatic heterocycles. The van der Waals surface area contributed by atoms with Crippen LogP contribution in [0.3, 0.4) is 0 Å². The Morgan fingerprint density at radius 1 is 0.949 bits per heavy atom. The molecule has 3 rings (SSSR count). The second-order valence-electron chi connectivity index (χ2n) is 9.63. The van der Waals surface area contributed by atoms with E-state index < -0.39 is 28.5 Å². The summed E-state index contributed by atoms with van der Waals surface area (Å²) in [5.41, 5.74) is 3.11. The van der Waals surface area contributed by atoms with Gasteiger partial charge in [0.25, 0.3) is 10.0 Å². The van der Waals surface area contributed by atoms with E-state index in [1.54, 1.807) is 25.1 Å². The minimum Gasteiger partial charge on any atom is -0.354 e. The Hall–Kier alpha value is -3.36. The number of hydrogen-bond donors (Lipinski definition) is 1. The Balaban J connectivity index is 1.99. The number of anilines is 1. The van der Waals surface area contributed by atoms with Crippen molar-refractivity contribution < 1.29 is 18.0 Å². The second kappa shape index (κ2) is 13.6. The van der Waals surface area contributed by atoms with E-state index in [0.717, 1.165) is 33.8 Å². The van der Waals surface area contributed by atoms with Gasteiger partial charge in [-0.25, -0.2) is 8.42 Å². The molecule has 7 nitrogen and oxygen atoms in total. The molecule has 2 amide bonds. The number of rotatable bonds is 12. The minimum absolute atomic E-state index is 0.0108. The quantitative estimate of drug-likeness (QED) is 0.292. The standard InChI is InChI=1S/C30H36ClN3O4S/c1-5-6-18-32-30(36)24(4)33(20-25-12-10-22(2)11-13-25)29(35)21-34(27-9-7-8-23(3)19-27)39(37,38)28-16-14-26(31)15-17-28/h7-17,19,24H,5-6,18,20-21H2,1-4H3,(H,32,36). The lowest BCUT2D eigenvalue weighted by Gasteiger charge is -2.32. The summed E-state index contributed by atoms with van der Waals surface area (Å²) in [4.78, 5) is 28.4. The first-order valence-corrected chi connectivity index (χ1v) is 14.8. The topological polar surface area (TPSA) is 86.8 Å². The molecule has 0 saturated heterocycles. The molecule has 1 unspecified atom stereocenters.